The molecule has 10 heteroatoms. The van der Waals surface area contributed by atoms with E-state index < -0.39 is 22.2 Å². The van der Waals surface area contributed by atoms with E-state index in [-0.39, 0.29) is 48.8 Å². The predicted molar refractivity (Wildman–Crippen MR) is 123 cm³/mol. The number of carbonyl (C=O) groups excluding carboxylic acids is 1. The molecule has 1 aliphatic rings. The molecule has 1 aliphatic heterocycles. The van der Waals surface area contributed by atoms with Crippen molar-refractivity contribution in [2.24, 2.45) is 5.92 Å². The molecule has 0 saturated heterocycles. The van der Waals surface area contributed by atoms with E-state index in [0.29, 0.717) is 0 Å². The van der Waals surface area contributed by atoms with Gasteiger partial charge in [0.25, 0.3) is 0 Å². The molecule has 1 amide bonds. The number of aliphatic hydroxyl groups is 1. The largest absolute Gasteiger partial charge is 0.487 e. The molecule has 3 rings (SSSR count). The minimum atomic E-state index is -3.93. The molecule has 0 fully saturated rings. The number of rotatable bonds is 7. The molecule has 3 atom stereocenters. The van der Waals surface area contributed by atoms with E-state index in [9.17, 15) is 18.3 Å². The van der Waals surface area contributed by atoms with Crippen molar-refractivity contribution in [1.29, 1.82) is 0 Å². The monoisotopic (exact) mass is 477 g/mol. The lowest BCUT2D eigenvalue weighted by molar-refractivity contribution is -0.135. The number of hydrogen-bond donors (Lipinski definition) is 1. The molecule has 0 aliphatic carbocycles. The van der Waals surface area contributed by atoms with Gasteiger partial charge in [-0.1, -0.05) is 13.0 Å². The van der Waals surface area contributed by atoms with E-state index in [2.05, 4.69) is 4.98 Å². The second-order valence-electron chi connectivity index (χ2n) is 8.34. The van der Waals surface area contributed by atoms with Gasteiger partial charge in [0.2, 0.25) is 15.9 Å². The molecule has 1 aromatic heterocycles. The number of ether oxygens (including phenoxy) is 2. The average Bonchev–Trinajstić information content (AvgIpc) is 2.81. The van der Waals surface area contributed by atoms with Crippen molar-refractivity contribution >= 4 is 15.9 Å². The van der Waals surface area contributed by atoms with Gasteiger partial charge in [-0.15, -0.1) is 0 Å². The third kappa shape index (κ3) is 5.52. The first-order valence-electron chi connectivity index (χ1n) is 10.8. The highest BCUT2D eigenvalue weighted by atomic mass is 32.2. The molecule has 0 unspecified atom stereocenters. The fraction of sp³-hybridized carbons (Fsp3) is 0.478. The van der Waals surface area contributed by atoms with Gasteiger partial charge in [0.05, 0.1) is 13.2 Å². The van der Waals surface area contributed by atoms with Crippen LogP contribution < -0.4 is 4.74 Å². The van der Waals surface area contributed by atoms with Crippen molar-refractivity contribution in [2.45, 2.75) is 30.9 Å². The standard InChI is InChI=1S/C23H31N3O6S/c1-16-12-26(17(2)14-27)33(29,30)22-6-5-19(18-7-9-24-10-8-18)11-20(22)32-21(16)13-25(3)23(28)15-31-4/h5-11,16-17,21,27H,12-15H2,1-4H3/t16-,17+,21+/m0/s1. The zero-order chi connectivity index (χ0) is 24.2. The van der Waals surface area contributed by atoms with Crippen LogP contribution in [0.2, 0.25) is 0 Å². The highest BCUT2D eigenvalue weighted by Gasteiger charge is 2.38. The topological polar surface area (TPSA) is 109 Å². The maximum Gasteiger partial charge on any atom is 0.248 e. The van der Waals surface area contributed by atoms with Crippen LogP contribution in [0.4, 0.5) is 0 Å². The summed E-state index contributed by atoms with van der Waals surface area (Å²) in [6, 6.07) is 8.01. The quantitative estimate of drug-likeness (QED) is 0.645. The first-order chi connectivity index (χ1) is 15.7. The van der Waals surface area contributed by atoms with Gasteiger partial charge in [0.15, 0.2) is 0 Å². The fourth-order valence-electron chi connectivity index (χ4n) is 3.77. The van der Waals surface area contributed by atoms with Gasteiger partial charge in [-0.05, 0) is 42.3 Å². The normalized spacial score (nSPS) is 21.2. The lowest BCUT2D eigenvalue weighted by Gasteiger charge is -2.37. The highest BCUT2D eigenvalue weighted by molar-refractivity contribution is 7.89. The number of aliphatic hydroxyl groups excluding tert-OH is 1. The Kier molecular flexibility index (Phi) is 8.06. The SMILES string of the molecule is COCC(=O)N(C)C[C@H]1Oc2cc(-c3ccncc3)ccc2S(=O)(=O)N([C@H](C)CO)C[C@@H]1C. The number of benzene rings is 1. The van der Waals surface area contributed by atoms with Gasteiger partial charge in [-0.25, -0.2) is 8.42 Å². The highest BCUT2D eigenvalue weighted by Crippen LogP contribution is 2.36. The summed E-state index contributed by atoms with van der Waals surface area (Å²) < 4.78 is 39.6. The second kappa shape index (κ2) is 10.6. The lowest BCUT2D eigenvalue weighted by Crippen LogP contribution is -2.50. The molecule has 0 spiro atoms. The Morgan fingerprint density at radius 2 is 2.00 bits per heavy atom. The summed E-state index contributed by atoms with van der Waals surface area (Å²) in [6.07, 6.45) is 2.84. The van der Waals surface area contributed by atoms with Crippen LogP contribution in [0.3, 0.4) is 0 Å². The molecule has 0 bridgehead atoms. The molecule has 33 heavy (non-hydrogen) atoms. The first kappa shape index (κ1) is 25.1. The summed E-state index contributed by atoms with van der Waals surface area (Å²) in [5.41, 5.74) is 1.65. The van der Waals surface area contributed by atoms with E-state index >= 15 is 0 Å². The Balaban J connectivity index is 2.08. The summed E-state index contributed by atoms with van der Waals surface area (Å²) in [7, 11) is -0.810. The van der Waals surface area contributed by atoms with Gasteiger partial charge in [0, 0.05) is 45.1 Å². The van der Waals surface area contributed by atoms with Crippen LogP contribution in [0, 0.1) is 5.92 Å². The molecule has 2 heterocycles. The van der Waals surface area contributed by atoms with Crippen LogP contribution >= 0.6 is 0 Å². The Bertz CT molecular complexity index is 1060. The van der Waals surface area contributed by atoms with Crippen LogP contribution in [-0.2, 0) is 19.6 Å². The Labute approximate surface area is 195 Å². The summed E-state index contributed by atoms with van der Waals surface area (Å²) >= 11 is 0. The fourth-order valence-corrected chi connectivity index (χ4v) is 5.60. The Hall–Kier alpha value is -2.53. The molecule has 1 N–H and O–H groups in total. The molecule has 9 nitrogen and oxygen atoms in total. The number of amides is 1. The van der Waals surface area contributed by atoms with Crippen LogP contribution in [0.5, 0.6) is 5.75 Å². The molecule has 0 saturated carbocycles. The number of methoxy groups -OCH3 is 1. The number of aromatic nitrogens is 1. The van der Waals surface area contributed by atoms with Crippen molar-refractivity contribution in [2.75, 3.05) is 40.5 Å². The number of fused-ring (bicyclic) bond motifs is 1. The third-order valence-electron chi connectivity index (χ3n) is 5.83. The Morgan fingerprint density at radius 1 is 1.30 bits per heavy atom. The van der Waals surface area contributed by atoms with Gasteiger partial charge in [-0.3, -0.25) is 9.78 Å². The molecular formula is C23H31N3O6S. The zero-order valence-corrected chi connectivity index (χ0v) is 20.2. The van der Waals surface area contributed by atoms with Crippen LogP contribution in [0.25, 0.3) is 11.1 Å². The number of likely N-dealkylation sites (N-methyl/N-ethyl adjacent to an activating group) is 1. The van der Waals surface area contributed by atoms with E-state index in [4.69, 9.17) is 9.47 Å². The second-order valence-corrected chi connectivity index (χ2v) is 10.2. The maximum atomic E-state index is 13.5. The zero-order valence-electron chi connectivity index (χ0n) is 19.3. The number of hydrogen-bond acceptors (Lipinski definition) is 7. The van der Waals surface area contributed by atoms with Crippen molar-refractivity contribution in [3.8, 4) is 16.9 Å². The summed E-state index contributed by atoms with van der Waals surface area (Å²) in [5, 5.41) is 9.74. The first-order valence-corrected chi connectivity index (χ1v) is 12.2. The van der Waals surface area contributed by atoms with Crippen molar-refractivity contribution < 1.29 is 27.8 Å². The van der Waals surface area contributed by atoms with E-state index in [1.165, 1.54) is 22.4 Å². The van der Waals surface area contributed by atoms with Gasteiger partial charge in [0.1, 0.15) is 23.4 Å². The van der Waals surface area contributed by atoms with Crippen LogP contribution in [-0.4, -0.2) is 86.2 Å². The average molecular weight is 478 g/mol. The molecule has 0 radical (unpaired) electrons. The minimum Gasteiger partial charge on any atom is -0.487 e. The van der Waals surface area contributed by atoms with Gasteiger partial charge >= 0.3 is 0 Å². The number of nitrogens with zero attached hydrogens (tertiary/aromatic N) is 3. The van der Waals surface area contributed by atoms with Crippen molar-refractivity contribution in [3.05, 3.63) is 42.7 Å². The van der Waals surface area contributed by atoms with Crippen LogP contribution in [0.15, 0.2) is 47.6 Å². The number of pyridine rings is 1. The molecule has 180 valence electrons. The molecule has 1 aromatic carbocycles. The van der Waals surface area contributed by atoms with Crippen LogP contribution in [0.1, 0.15) is 13.8 Å². The molecule has 2 aromatic rings. The number of sulfonamides is 1. The lowest BCUT2D eigenvalue weighted by atomic mass is 10.0. The molecular weight excluding hydrogens is 446 g/mol. The summed E-state index contributed by atoms with van der Waals surface area (Å²) in [4.78, 5) is 17.9. The summed E-state index contributed by atoms with van der Waals surface area (Å²) in [5.74, 6) is -0.248. The van der Waals surface area contributed by atoms with Crippen molar-refractivity contribution in [3.63, 3.8) is 0 Å². The van der Waals surface area contributed by atoms with E-state index in [1.807, 2.05) is 19.1 Å². The van der Waals surface area contributed by atoms with Crippen molar-refractivity contribution in [1.82, 2.24) is 14.2 Å². The van der Waals surface area contributed by atoms with Gasteiger partial charge in [-0.2, -0.15) is 4.31 Å². The van der Waals surface area contributed by atoms with E-state index in [0.717, 1.165) is 11.1 Å². The van der Waals surface area contributed by atoms with E-state index in [1.54, 1.807) is 38.5 Å². The minimum absolute atomic E-state index is 0.0309. The van der Waals surface area contributed by atoms with Gasteiger partial charge < -0.3 is 19.5 Å². The smallest absolute Gasteiger partial charge is 0.248 e. The number of carbonyl (C=O) groups is 1. The third-order valence-corrected chi connectivity index (χ3v) is 7.85. The maximum absolute atomic E-state index is 13.5. The Morgan fingerprint density at radius 3 is 2.64 bits per heavy atom. The predicted octanol–water partition coefficient (Wildman–Crippen LogP) is 1.62. The summed E-state index contributed by atoms with van der Waals surface area (Å²) in [6.45, 7) is 3.58.